The van der Waals surface area contributed by atoms with Crippen molar-refractivity contribution in [2.45, 2.75) is 25.4 Å². The van der Waals surface area contributed by atoms with E-state index in [1.54, 1.807) is 6.07 Å². The number of rotatable bonds is 3. The summed E-state index contributed by atoms with van der Waals surface area (Å²) in [5.74, 6) is 0.240. The van der Waals surface area contributed by atoms with Crippen molar-refractivity contribution in [3.05, 3.63) is 35.6 Å². The van der Waals surface area contributed by atoms with Gasteiger partial charge in [-0.15, -0.1) is 0 Å². The van der Waals surface area contributed by atoms with E-state index in [0.717, 1.165) is 18.4 Å². The molecule has 1 nitrogen and oxygen atoms in total. The summed E-state index contributed by atoms with van der Waals surface area (Å²) in [7, 11) is 0. The molecule has 0 saturated heterocycles. The van der Waals surface area contributed by atoms with Gasteiger partial charge in [0.2, 0.25) is 0 Å². The van der Waals surface area contributed by atoms with Crippen molar-refractivity contribution in [3.8, 4) is 0 Å². The van der Waals surface area contributed by atoms with E-state index in [9.17, 15) is 9.50 Å². The van der Waals surface area contributed by atoms with E-state index in [1.165, 1.54) is 12.1 Å². The van der Waals surface area contributed by atoms with Gasteiger partial charge in [0.15, 0.2) is 0 Å². The fraction of sp³-hybridized carbons (Fsp3) is 0.455. The molecule has 1 saturated carbocycles. The first-order chi connectivity index (χ1) is 6.25. The van der Waals surface area contributed by atoms with Crippen LogP contribution in [0.5, 0.6) is 0 Å². The van der Waals surface area contributed by atoms with E-state index in [-0.39, 0.29) is 11.9 Å². The van der Waals surface area contributed by atoms with Gasteiger partial charge in [0.1, 0.15) is 5.82 Å². The van der Waals surface area contributed by atoms with E-state index >= 15 is 0 Å². The van der Waals surface area contributed by atoms with Crippen LogP contribution in [0.1, 0.15) is 18.4 Å². The molecule has 2 heteroatoms. The number of hydrogen-bond acceptors (Lipinski definition) is 1. The van der Waals surface area contributed by atoms with Crippen molar-refractivity contribution in [2.75, 3.05) is 0 Å². The molecule has 0 radical (unpaired) electrons. The second-order valence-corrected chi connectivity index (χ2v) is 3.74. The molecular weight excluding hydrogens is 167 g/mol. The molecule has 13 heavy (non-hydrogen) atoms. The summed E-state index contributed by atoms with van der Waals surface area (Å²) in [4.78, 5) is 0. The van der Waals surface area contributed by atoms with Crippen LogP contribution in [-0.4, -0.2) is 11.2 Å². The highest BCUT2D eigenvalue weighted by Crippen LogP contribution is 2.33. The topological polar surface area (TPSA) is 20.2 Å². The summed E-state index contributed by atoms with van der Waals surface area (Å²) >= 11 is 0. The fourth-order valence-electron chi connectivity index (χ4n) is 1.55. The highest BCUT2D eigenvalue weighted by molar-refractivity contribution is 5.17. The molecule has 0 aromatic heterocycles. The summed E-state index contributed by atoms with van der Waals surface area (Å²) in [5.41, 5.74) is 0.888. The van der Waals surface area contributed by atoms with E-state index in [0.29, 0.717) is 12.3 Å². The van der Waals surface area contributed by atoms with Crippen LogP contribution in [-0.2, 0) is 6.42 Å². The minimum atomic E-state index is -0.276. The minimum Gasteiger partial charge on any atom is -0.392 e. The van der Waals surface area contributed by atoms with Crippen LogP contribution in [0.4, 0.5) is 4.39 Å². The van der Waals surface area contributed by atoms with Gasteiger partial charge in [-0.1, -0.05) is 12.1 Å². The Morgan fingerprint density at radius 3 is 2.85 bits per heavy atom. The zero-order valence-electron chi connectivity index (χ0n) is 7.41. The average molecular weight is 180 g/mol. The third-order valence-electron chi connectivity index (χ3n) is 2.50. The van der Waals surface area contributed by atoms with E-state index in [2.05, 4.69) is 0 Å². The number of aliphatic hydroxyl groups is 1. The standard InChI is InChI=1S/C11H13FO/c12-10-3-1-2-8(6-10)7-11(13)9-4-5-9/h1-3,6,9,11,13H,4-5,7H2. The molecule has 0 aliphatic heterocycles. The second kappa shape index (κ2) is 3.46. The number of benzene rings is 1. The first-order valence-corrected chi connectivity index (χ1v) is 4.68. The molecule has 2 rings (SSSR count). The van der Waals surface area contributed by atoms with E-state index in [4.69, 9.17) is 0 Å². The maximum Gasteiger partial charge on any atom is 0.123 e. The SMILES string of the molecule is OC(Cc1cccc(F)c1)C1CC1. The maximum atomic E-state index is 12.8. The maximum absolute atomic E-state index is 12.8. The second-order valence-electron chi connectivity index (χ2n) is 3.74. The summed E-state index contributed by atoms with van der Waals surface area (Å²) < 4.78 is 12.8. The van der Waals surface area contributed by atoms with Gasteiger partial charge < -0.3 is 5.11 Å². The molecule has 70 valence electrons. The highest BCUT2D eigenvalue weighted by atomic mass is 19.1. The molecule has 0 heterocycles. The fourth-order valence-corrected chi connectivity index (χ4v) is 1.55. The molecule has 1 fully saturated rings. The molecule has 0 spiro atoms. The number of halogens is 1. The lowest BCUT2D eigenvalue weighted by Gasteiger charge is -2.08. The lowest BCUT2D eigenvalue weighted by molar-refractivity contribution is 0.151. The van der Waals surface area contributed by atoms with Crippen LogP contribution < -0.4 is 0 Å². The Morgan fingerprint density at radius 1 is 1.46 bits per heavy atom. The smallest absolute Gasteiger partial charge is 0.123 e. The molecule has 1 aromatic carbocycles. The van der Waals surface area contributed by atoms with Crippen molar-refractivity contribution >= 4 is 0 Å². The molecule has 1 aliphatic carbocycles. The molecule has 1 N–H and O–H groups in total. The van der Waals surface area contributed by atoms with Crippen molar-refractivity contribution in [1.29, 1.82) is 0 Å². The van der Waals surface area contributed by atoms with Crippen molar-refractivity contribution in [1.82, 2.24) is 0 Å². The Kier molecular flexibility index (Phi) is 2.32. The Morgan fingerprint density at radius 2 is 2.23 bits per heavy atom. The van der Waals surface area contributed by atoms with Crippen LogP contribution in [0.25, 0.3) is 0 Å². The number of aliphatic hydroxyl groups excluding tert-OH is 1. The largest absolute Gasteiger partial charge is 0.392 e. The first-order valence-electron chi connectivity index (χ1n) is 4.68. The lowest BCUT2D eigenvalue weighted by atomic mass is 10.1. The summed E-state index contributed by atoms with van der Waals surface area (Å²) in [6.07, 6.45) is 2.55. The van der Waals surface area contributed by atoms with Gasteiger partial charge >= 0.3 is 0 Å². The molecular formula is C11H13FO. The Bertz CT molecular complexity index is 294. The third kappa shape index (κ3) is 2.28. The molecule has 1 aromatic rings. The van der Waals surface area contributed by atoms with Crippen LogP contribution >= 0.6 is 0 Å². The van der Waals surface area contributed by atoms with Crippen LogP contribution in [0.3, 0.4) is 0 Å². The Labute approximate surface area is 77.2 Å². The molecule has 1 atom stereocenters. The third-order valence-corrected chi connectivity index (χ3v) is 2.50. The van der Waals surface area contributed by atoms with Crippen LogP contribution in [0.15, 0.2) is 24.3 Å². The van der Waals surface area contributed by atoms with Gasteiger partial charge in [0.05, 0.1) is 6.10 Å². The Balaban J connectivity index is 2.00. The number of hydrogen-bond donors (Lipinski definition) is 1. The van der Waals surface area contributed by atoms with Gasteiger partial charge in [-0.3, -0.25) is 0 Å². The molecule has 1 aliphatic rings. The average Bonchev–Trinajstić information content (AvgIpc) is 2.85. The normalized spacial score (nSPS) is 18.6. The summed E-state index contributed by atoms with van der Waals surface area (Å²) in [6.45, 7) is 0. The molecule has 0 bridgehead atoms. The van der Waals surface area contributed by atoms with E-state index in [1.807, 2.05) is 6.07 Å². The van der Waals surface area contributed by atoms with Crippen molar-refractivity contribution < 1.29 is 9.50 Å². The quantitative estimate of drug-likeness (QED) is 0.755. The van der Waals surface area contributed by atoms with Crippen LogP contribution in [0.2, 0.25) is 0 Å². The van der Waals surface area contributed by atoms with Gasteiger partial charge in [-0.05, 0) is 42.9 Å². The zero-order chi connectivity index (χ0) is 9.26. The van der Waals surface area contributed by atoms with Gasteiger partial charge in [0, 0.05) is 0 Å². The predicted molar refractivity (Wildman–Crippen MR) is 48.8 cm³/mol. The monoisotopic (exact) mass is 180 g/mol. The predicted octanol–water partition coefficient (Wildman–Crippen LogP) is 2.14. The Hall–Kier alpha value is -0.890. The van der Waals surface area contributed by atoms with Gasteiger partial charge in [-0.2, -0.15) is 0 Å². The molecule has 0 amide bonds. The van der Waals surface area contributed by atoms with Crippen molar-refractivity contribution in [2.24, 2.45) is 5.92 Å². The summed E-state index contributed by atoms with van der Waals surface area (Å²) in [6, 6.07) is 6.46. The zero-order valence-corrected chi connectivity index (χ0v) is 7.41. The minimum absolute atomic E-state index is 0.222. The first kappa shape index (κ1) is 8.70. The van der Waals surface area contributed by atoms with E-state index < -0.39 is 0 Å². The highest BCUT2D eigenvalue weighted by Gasteiger charge is 2.29. The summed E-state index contributed by atoms with van der Waals surface area (Å²) in [5, 5.41) is 9.61. The van der Waals surface area contributed by atoms with Gasteiger partial charge in [0.25, 0.3) is 0 Å². The van der Waals surface area contributed by atoms with Gasteiger partial charge in [-0.25, -0.2) is 4.39 Å². The van der Waals surface area contributed by atoms with Crippen LogP contribution in [0, 0.1) is 11.7 Å². The molecule has 1 unspecified atom stereocenters. The van der Waals surface area contributed by atoms with Crippen molar-refractivity contribution in [3.63, 3.8) is 0 Å². The lowest BCUT2D eigenvalue weighted by Crippen LogP contribution is -2.12.